The van der Waals surface area contributed by atoms with Gasteiger partial charge in [0.25, 0.3) is 0 Å². The first-order valence-corrected chi connectivity index (χ1v) is 8.97. The Balaban J connectivity index is 1.85. The fraction of sp³-hybridized carbons (Fsp3) is 0.318. The summed E-state index contributed by atoms with van der Waals surface area (Å²) in [4.78, 5) is 12.9. The molecule has 0 amide bonds. The van der Waals surface area contributed by atoms with Crippen LogP contribution < -0.4 is 10.4 Å². The molecule has 2 aromatic carbocycles. The molecule has 3 rings (SSSR count). The van der Waals surface area contributed by atoms with Gasteiger partial charge in [-0.1, -0.05) is 24.8 Å². The molecule has 0 atom stereocenters. The Hall–Kier alpha value is -2.75. The van der Waals surface area contributed by atoms with E-state index in [9.17, 15) is 4.79 Å². The fourth-order valence-corrected chi connectivity index (χ4v) is 3.22. The number of aromatic nitrogens is 2. The summed E-state index contributed by atoms with van der Waals surface area (Å²) in [5, 5.41) is 0. The molecular formula is C22H26N2O2. The maximum atomic E-state index is 12.9. The Bertz CT molecular complexity index is 1020. The van der Waals surface area contributed by atoms with Crippen LogP contribution in [0, 0.1) is 20.8 Å². The average Bonchev–Trinajstić information content (AvgIpc) is 2.85. The summed E-state index contributed by atoms with van der Waals surface area (Å²) in [6.07, 6.45) is 0.760. The van der Waals surface area contributed by atoms with Crippen LogP contribution in [0.4, 0.5) is 0 Å². The molecule has 0 aliphatic rings. The summed E-state index contributed by atoms with van der Waals surface area (Å²) in [6, 6.07) is 12.1. The van der Waals surface area contributed by atoms with E-state index in [0.717, 1.165) is 34.5 Å². The summed E-state index contributed by atoms with van der Waals surface area (Å²) in [5.74, 6) is 0.899. The topological polar surface area (TPSA) is 36.2 Å². The number of benzene rings is 2. The highest BCUT2D eigenvalue weighted by Gasteiger charge is 2.14. The molecule has 0 saturated heterocycles. The Labute approximate surface area is 154 Å². The Kier molecular flexibility index (Phi) is 5.03. The van der Waals surface area contributed by atoms with E-state index >= 15 is 0 Å². The third-order valence-corrected chi connectivity index (χ3v) is 4.80. The SMILES string of the molecule is C=C(C)n1c(=O)n(CCCOc2ccccc2C)c2cc(C)c(C)cc21. The van der Waals surface area contributed by atoms with E-state index in [4.69, 9.17) is 4.74 Å². The molecule has 0 fully saturated rings. The van der Waals surface area contributed by atoms with Crippen molar-refractivity contribution < 1.29 is 4.74 Å². The van der Waals surface area contributed by atoms with Gasteiger partial charge in [-0.25, -0.2) is 4.79 Å². The Morgan fingerprint density at radius 3 is 2.35 bits per heavy atom. The van der Waals surface area contributed by atoms with Crippen molar-refractivity contribution in [3.63, 3.8) is 0 Å². The summed E-state index contributed by atoms with van der Waals surface area (Å²) >= 11 is 0. The second-order valence-electron chi connectivity index (χ2n) is 6.90. The van der Waals surface area contributed by atoms with Gasteiger partial charge in [-0.15, -0.1) is 0 Å². The second kappa shape index (κ2) is 7.24. The van der Waals surface area contributed by atoms with Gasteiger partial charge in [-0.05, 0) is 69.0 Å². The Morgan fingerprint density at radius 1 is 1.04 bits per heavy atom. The van der Waals surface area contributed by atoms with Gasteiger partial charge in [0.1, 0.15) is 5.75 Å². The zero-order chi connectivity index (χ0) is 18.8. The van der Waals surface area contributed by atoms with Gasteiger partial charge >= 0.3 is 5.69 Å². The molecule has 4 nitrogen and oxygen atoms in total. The lowest BCUT2D eigenvalue weighted by molar-refractivity contribution is 0.300. The van der Waals surface area contributed by atoms with Crippen molar-refractivity contribution >= 4 is 16.7 Å². The van der Waals surface area contributed by atoms with Crippen molar-refractivity contribution in [2.45, 2.75) is 40.7 Å². The molecule has 0 unspecified atom stereocenters. The van der Waals surface area contributed by atoms with Crippen LogP contribution in [-0.4, -0.2) is 15.7 Å². The molecule has 0 aliphatic heterocycles. The third kappa shape index (κ3) is 3.32. The fourth-order valence-electron chi connectivity index (χ4n) is 3.22. The molecule has 26 heavy (non-hydrogen) atoms. The number of allylic oxidation sites excluding steroid dienone is 1. The highest BCUT2D eigenvalue weighted by atomic mass is 16.5. The number of para-hydroxylation sites is 1. The summed E-state index contributed by atoms with van der Waals surface area (Å²) in [6.45, 7) is 13.2. The number of imidazole rings is 1. The molecule has 0 saturated carbocycles. The van der Waals surface area contributed by atoms with Gasteiger partial charge in [0.15, 0.2) is 0 Å². The zero-order valence-corrected chi connectivity index (χ0v) is 16.0. The van der Waals surface area contributed by atoms with E-state index in [-0.39, 0.29) is 5.69 Å². The van der Waals surface area contributed by atoms with Gasteiger partial charge in [0.05, 0.1) is 17.6 Å². The Morgan fingerprint density at radius 2 is 1.69 bits per heavy atom. The minimum atomic E-state index is -0.0339. The molecule has 0 spiro atoms. The molecule has 1 heterocycles. The zero-order valence-electron chi connectivity index (χ0n) is 16.0. The molecule has 136 valence electrons. The van der Waals surface area contributed by atoms with Crippen LogP contribution in [-0.2, 0) is 6.54 Å². The van der Waals surface area contributed by atoms with Gasteiger partial charge in [-0.2, -0.15) is 0 Å². The van der Waals surface area contributed by atoms with Crippen LogP contribution in [0.25, 0.3) is 16.7 Å². The molecule has 3 aromatic rings. The molecule has 1 aromatic heterocycles. The van der Waals surface area contributed by atoms with Crippen molar-refractivity contribution in [3.05, 3.63) is 70.2 Å². The van der Waals surface area contributed by atoms with Crippen LogP contribution in [0.2, 0.25) is 0 Å². The highest BCUT2D eigenvalue weighted by Crippen LogP contribution is 2.21. The van der Waals surface area contributed by atoms with Gasteiger partial charge < -0.3 is 4.74 Å². The maximum absolute atomic E-state index is 12.9. The van der Waals surface area contributed by atoms with Gasteiger partial charge in [0.2, 0.25) is 0 Å². The minimum Gasteiger partial charge on any atom is -0.493 e. The van der Waals surface area contributed by atoms with Crippen LogP contribution >= 0.6 is 0 Å². The van der Waals surface area contributed by atoms with Gasteiger partial charge in [0, 0.05) is 12.2 Å². The molecule has 4 heteroatoms. The lowest BCUT2D eigenvalue weighted by atomic mass is 10.1. The number of aryl methyl sites for hydroxylation is 4. The summed E-state index contributed by atoms with van der Waals surface area (Å²) in [7, 11) is 0. The van der Waals surface area contributed by atoms with E-state index < -0.39 is 0 Å². The molecule has 0 N–H and O–H groups in total. The lowest BCUT2D eigenvalue weighted by Crippen LogP contribution is -2.24. The second-order valence-corrected chi connectivity index (χ2v) is 6.90. The number of hydrogen-bond acceptors (Lipinski definition) is 2. The summed E-state index contributed by atoms with van der Waals surface area (Å²) < 4.78 is 9.40. The average molecular weight is 350 g/mol. The number of ether oxygens (including phenoxy) is 1. The number of fused-ring (bicyclic) bond motifs is 1. The lowest BCUT2D eigenvalue weighted by Gasteiger charge is -2.09. The van der Waals surface area contributed by atoms with Crippen molar-refractivity contribution in [2.75, 3.05) is 6.61 Å². The minimum absolute atomic E-state index is 0.0339. The first-order chi connectivity index (χ1) is 12.4. The maximum Gasteiger partial charge on any atom is 0.333 e. The van der Waals surface area contributed by atoms with Crippen LogP contribution in [0.15, 0.2) is 47.8 Å². The van der Waals surface area contributed by atoms with Crippen molar-refractivity contribution in [1.29, 1.82) is 0 Å². The first-order valence-electron chi connectivity index (χ1n) is 8.97. The van der Waals surface area contributed by atoms with E-state index in [1.165, 1.54) is 11.1 Å². The molecular weight excluding hydrogens is 324 g/mol. The van der Waals surface area contributed by atoms with E-state index in [1.54, 1.807) is 4.57 Å². The monoisotopic (exact) mass is 350 g/mol. The molecule has 0 radical (unpaired) electrons. The predicted molar refractivity (Wildman–Crippen MR) is 108 cm³/mol. The van der Waals surface area contributed by atoms with Crippen LogP contribution in [0.3, 0.4) is 0 Å². The number of nitrogens with zero attached hydrogens (tertiary/aromatic N) is 2. The van der Waals surface area contributed by atoms with E-state index in [2.05, 4.69) is 32.6 Å². The molecule has 0 aliphatic carbocycles. The number of rotatable bonds is 6. The highest BCUT2D eigenvalue weighted by molar-refractivity contribution is 5.81. The first kappa shape index (κ1) is 18.1. The smallest absolute Gasteiger partial charge is 0.333 e. The largest absolute Gasteiger partial charge is 0.493 e. The van der Waals surface area contributed by atoms with Crippen molar-refractivity contribution in [3.8, 4) is 5.75 Å². The van der Waals surface area contributed by atoms with Crippen LogP contribution in [0.5, 0.6) is 5.75 Å². The summed E-state index contributed by atoms with van der Waals surface area (Å²) in [5.41, 5.74) is 6.05. The van der Waals surface area contributed by atoms with Crippen LogP contribution in [0.1, 0.15) is 30.0 Å². The standard InChI is InChI=1S/C22H26N2O2/c1-15(2)24-20-14-18(5)17(4)13-19(20)23(22(24)25)11-8-12-26-21-10-7-6-9-16(21)3/h6-7,9-10,13-14H,1,8,11-12H2,2-5H3. The van der Waals surface area contributed by atoms with Crippen molar-refractivity contribution in [2.24, 2.45) is 0 Å². The van der Waals surface area contributed by atoms with E-state index in [1.807, 2.05) is 42.7 Å². The molecule has 0 bridgehead atoms. The third-order valence-electron chi connectivity index (χ3n) is 4.80. The predicted octanol–water partition coefficient (Wildman–Crippen LogP) is 4.69. The van der Waals surface area contributed by atoms with E-state index in [0.29, 0.717) is 13.2 Å². The quantitative estimate of drug-likeness (QED) is 0.605. The van der Waals surface area contributed by atoms with Gasteiger partial charge in [-0.3, -0.25) is 9.13 Å². The normalized spacial score (nSPS) is 11.1. The van der Waals surface area contributed by atoms with Crippen molar-refractivity contribution in [1.82, 2.24) is 9.13 Å². The number of hydrogen-bond donors (Lipinski definition) is 0.